The van der Waals surface area contributed by atoms with Crippen LogP contribution in [0.25, 0.3) is 0 Å². The third kappa shape index (κ3) is 3.61. The number of carboxylic acid groups (broad SMARTS) is 1. The van der Waals surface area contributed by atoms with Crippen LogP contribution in [0.3, 0.4) is 0 Å². The lowest BCUT2D eigenvalue weighted by Gasteiger charge is -2.35. The minimum absolute atomic E-state index is 0.0890. The number of amides is 2. The Morgan fingerprint density at radius 1 is 1.38 bits per heavy atom. The molecule has 2 atom stereocenters. The zero-order valence-corrected chi connectivity index (χ0v) is 12.7. The summed E-state index contributed by atoms with van der Waals surface area (Å²) in [6.45, 7) is 5.25. The molecule has 6 heteroatoms. The van der Waals surface area contributed by atoms with E-state index in [0.29, 0.717) is 12.3 Å². The minimum Gasteiger partial charge on any atom is -0.481 e. The fourth-order valence-electron chi connectivity index (χ4n) is 3.41. The standard InChI is InChI=1S/C15H24N2O4/c1-10(2)17-13(18)8-12(15(17)21)16-7-3-4-11(9-16)5-6-14(19)20/h10-12H,3-9H2,1-2H3,(H,19,20). The summed E-state index contributed by atoms with van der Waals surface area (Å²) in [5.74, 6) is -0.641. The van der Waals surface area contributed by atoms with Gasteiger partial charge in [0, 0.05) is 19.0 Å². The molecule has 21 heavy (non-hydrogen) atoms. The Bertz CT molecular complexity index is 435. The van der Waals surface area contributed by atoms with E-state index in [0.717, 1.165) is 25.9 Å². The highest BCUT2D eigenvalue weighted by Crippen LogP contribution is 2.27. The molecule has 2 aliphatic rings. The highest BCUT2D eigenvalue weighted by atomic mass is 16.4. The van der Waals surface area contributed by atoms with Crippen LogP contribution in [0, 0.1) is 5.92 Å². The van der Waals surface area contributed by atoms with Gasteiger partial charge < -0.3 is 5.11 Å². The van der Waals surface area contributed by atoms with Crippen molar-refractivity contribution >= 4 is 17.8 Å². The van der Waals surface area contributed by atoms with Gasteiger partial charge in [-0.1, -0.05) is 0 Å². The molecule has 2 fully saturated rings. The van der Waals surface area contributed by atoms with Crippen LogP contribution in [-0.4, -0.2) is 57.9 Å². The van der Waals surface area contributed by atoms with E-state index < -0.39 is 5.97 Å². The smallest absolute Gasteiger partial charge is 0.303 e. The van der Waals surface area contributed by atoms with Crippen molar-refractivity contribution in [3.63, 3.8) is 0 Å². The molecule has 2 aliphatic heterocycles. The van der Waals surface area contributed by atoms with Gasteiger partial charge in [-0.2, -0.15) is 0 Å². The van der Waals surface area contributed by atoms with Gasteiger partial charge in [0.1, 0.15) is 0 Å². The maximum absolute atomic E-state index is 12.4. The molecule has 6 nitrogen and oxygen atoms in total. The van der Waals surface area contributed by atoms with Crippen LogP contribution in [0.1, 0.15) is 46.0 Å². The Morgan fingerprint density at radius 2 is 2.10 bits per heavy atom. The lowest BCUT2D eigenvalue weighted by Crippen LogP contribution is -2.47. The zero-order chi connectivity index (χ0) is 15.6. The van der Waals surface area contributed by atoms with Gasteiger partial charge >= 0.3 is 5.97 Å². The second-order valence-electron chi connectivity index (χ2n) is 6.35. The number of nitrogens with zero attached hydrogens (tertiary/aromatic N) is 2. The van der Waals surface area contributed by atoms with E-state index in [1.165, 1.54) is 4.90 Å². The molecule has 0 aromatic carbocycles. The third-order valence-corrected chi connectivity index (χ3v) is 4.43. The molecular formula is C15H24N2O4. The first-order chi connectivity index (χ1) is 9.90. The normalized spacial score (nSPS) is 27.7. The topological polar surface area (TPSA) is 77.9 Å². The number of imide groups is 1. The number of carboxylic acids is 1. The van der Waals surface area contributed by atoms with Crippen molar-refractivity contribution in [1.82, 2.24) is 9.80 Å². The lowest BCUT2D eigenvalue weighted by atomic mass is 9.92. The molecule has 2 saturated heterocycles. The number of hydrogen-bond donors (Lipinski definition) is 1. The Hall–Kier alpha value is -1.43. The summed E-state index contributed by atoms with van der Waals surface area (Å²) in [4.78, 5) is 38.5. The molecule has 0 bridgehead atoms. The van der Waals surface area contributed by atoms with Crippen LogP contribution >= 0.6 is 0 Å². The summed E-state index contributed by atoms with van der Waals surface area (Å²) in [6, 6.07) is -0.435. The number of aliphatic carboxylic acids is 1. The van der Waals surface area contributed by atoms with E-state index in [-0.39, 0.29) is 36.7 Å². The van der Waals surface area contributed by atoms with Gasteiger partial charge in [-0.25, -0.2) is 0 Å². The number of hydrogen-bond acceptors (Lipinski definition) is 4. The highest BCUT2D eigenvalue weighted by Gasteiger charge is 2.43. The van der Waals surface area contributed by atoms with Gasteiger partial charge in [-0.3, -0.25) is 24.2 Å². The van der Waals surface area contributed by atoms with E-state index in [4.69, 9.17) is 5.11 Å². The molecule has 2 unspecified atom stereocenters. The van der Waals surface area contributed by atoms with Crippen molar-refractivity contribution < 1.29 is 19.5 Å². The summed E-state index contributed by atoms with van der Waals surface area (Å²) < 4.78 is 0. The summed E-state index contributed by atoms with van der Waals surface area (Å²) >= 11 is 0. The average Bonchev–Trinajstić information content (AvgIpc) is 2.72. The van der Waals surface area contributed by atoms with Gasteiger partial charge in [-0.15, -0.1) is 0 Å². The Kier molecular flexibility index (Phi) is 4.98. The highest BCUT2D eigenvalue weighted by molar-refractivity contribution is 6.05. The van der Waals surface area contributed by atoms with Gasteiger partial charge in [0.15, 0.2) is 0 Å². The SMILES string of the molecule is CC(C)N1C(=O)CC(N2CCCC(CCC(=O)O)C2)C1=O. The predicted octanol–water partition coefficient (Wildman–Crippen LogP) is 1.10. The van der Waals surface area contributed by atoms with Crippen LogP contribution in [-0.2, 0) is 14.4 Å². The maximum Gasteiger partial charge on any atom is 0.303 e. The molecule has 2 rings (SSSR count). The molecule has 118 valence electrons. The van der Waals surface area contributed by atoms with Crippen molar-refractivity contribution in [1.29, 1.82) is 0 Å². The Balaban J connectivity index is 1.97. The maximum atomic E-state index is 12.4. The van der Waals surface area contributed by atoms with E-state index in [2.05, 4.69) is 4.90 Å². The second kappa shape index (κ2) is 6.56. The first-order valence-electron chi connectivity index (χ1n) is 7.72. The van der Waals surface area contributed by atoms with Crippen LogP contribution in [0.2, 0.25) is 0 Å². The van der Waals surface area contributed by atoms with Gasteiger partial charge in [0.25, 0.3) is 0 Å². The average molecular weight is 296 g/mol. The van der Waals surface area contributed by atoms with Crippen LogP contribution < -0.4 is 0 Å². The summed E-state index contributed by atoms with van der Waals surface area (Å²) in [5, 5.41) is 8.78. The van der Waals surface area contributed by atoms with Gasteiger partial charge in [0.2, 0.25) is 11.8 Å². The monoisotopic (exact) mass is 296 g/mol. The van der Waals surface area contributed by atoms with Crippen LogP contribution in [0.5, 0.6) is 0 Å². The molecule has 0 saturated carbocycles. The molecule has 0 aromatic heterocycles. The first kappa shape index (κ1) is 15.9. The van der Waals surface area contributed by atoms with Crippen molar-refractivity contribution in [3.05, 3.63) is 0 Å². The largest absolute Gasteiger partial charge is 0.481 e. The second-order valence-corrected chi connectivity index (χ2v) is 6.35. The van der Waals surface area contributed by atoms with E-state index >= 15 is 0 Å². The number of rotatable bonds is 5. The zero-order valence-electron chi connectivity index (χ0n) is 12.7. The molecule has 0 aromatic rings. The molecule has 0 aliphatic carbocycles. The van der Waals surface area contributed by atoms with Crippen molar-refractivity contribution in [3.8, 4) is 0 Å². The fourth-order valence-corrected chi connectivity index (χ4v) is 3.41. The first-order valence-corrected chi connectivity index (χ1v) is 7.72. The number of piperidine rings is 1. The molecular weight excluding hydrogens is 272 g/mol. The summed E-state index contributed by atoms with van der Waals surface area (Å²) in [5.41, 5.74) is 0. The van der Waals surface area contributed by atoms with E-state index in [1.807, 2.05) is 13.8 Å². The van der Waals surface area contributed by atoms with Crippen molar-refractivity contribution in [2.24, 2.45) is 5.92 Å². The molecule has 0 spiro atoms. The minimum atomic E-state index is -0.773. The molecule has 2 amide bonds. The summed E-state index contributed by atoms with van der Waals surface area (Å²) in [7, 11) is 0. The number of likely N-dealkylation sites (tertiary alicyclic amines) is 2. The third-order valence-electron chi connectivity index (χ3n) is 4.43. The molecule has 2 heterocycles. The number of carbonyl (C=O) groups excluding carboxylic acids is 2. The van der Waals surface area contributed by atoms with Gasteiger partial charge in [-0.05, 0) is 45.6 Å². The van der Waals surface area contributed by atoms with Gasteiger partial charge in [0.05, 0.1) is 12.5 Å². The van der Waals surface area contributed by atoms with Crippen LogP contribution in [0.4, 0.5) is 0 Å². The molecule has 1 N–H and O–H groups in total. The lowest BCUT2D eigenvalue weighted by molar-refractivity contribution is -0.142. The fraction of sp³-hybridized carbons (Fsp3) is 0.800. The Labute approximate surface area is 125 Å². The van der Waals surface area contributed by atoms with Crippen molar-refractivity contribution in [2.75, 3.05) is 13.1 Å². The van der Waals surface area contributed by atoms with Crippen molar-refractivity contribution in [2.45, 2.75) is 58.0 Å². The van der Waals surface area contributed by atoms with E-state index in [9.17, 15) is 14.4 Å². The quantitative estimate of drug-likeness (QED) is 0.769. The predicted molar refractivity (Wildman–Crippen MR) is 76.6 cm³/mol. The Morgan fingerprint density at radius 3 is 2.67 bits per heavy atom. The summed E-state index contributed by atoms with van der Waals surface area (Å²) in [6.07, 6.45) is 3.06. The number of carbonyl (C=O) groups is 3. The van der Waals surface area contributed by atoms with Crippen LogP contribution in [0.15, 0.2) is 0 Å². The van der Waals surface area contributed by atoms with E-state index in [1.54, 1.807) is 0 Å². The molecule has 0 radical (unpaired) electrons.